The first-order chi connectivity index (χ1) is 7.75. The van der Waals surface area contributed by atoms with E-state index < -0.39 is 21.7 Å². The first kappa shape index (κ1) is 13.6. The minimum atomic E-state index is -2.32. The van der Waals surface area contributed by atoms with Crippen molar-refractivity contribution in [2.75, 3.05) is 4.31 Å². The molecule has 6 nitrogen and oxygen atoms in total. The van der Waals surface area contributed by atoms with Gasteiger partial charge in [0.2, 0.25) is 0 Å². The van der Waals surface area contributed by atoms with Crippen LogP contribution in [-0.4, -0.2) is 19.2 Å². The van der Waals surface area contributed by atoms with Crippen LogP contribution in [0.15, 0.2) is 24.3 Å². The van der Waals surface area contributed by atoms with Gasteiger partial charge in [-0.15, -0.1) is 0 Å². The van der Waals surface area contributed by atoms with E-state index in [0.29, 0.717) is 0 Å². The minimum Gasteiger partial charge on any atom is -0.289 e. The van der Waals surface area contributed by atoms with Gasteiger partial charge in [-0.1, -0.05) is 12.1 Å². The zero-order chi connectivity index (χ0) is 13.2. The van der Waals surface area contributed by atoms with Gasteiger partial charge in [-0.25, -0.2) is 4.21 Å². The Hall–Kier alpha value is -1.47. The summed E-state index contributed by atoms with van der Waals surface area (Å²) in [4.78, 5) is 10.3. The Kier molecular flexibility index (Phi) is 3.84. The first-order valence-corrected chi connectivity index (χ1v) is 5.96. The third kappa shape index (κ3) is 3.01. The molecule has 0 aliphatic rings. The van der Waals surface area contributed by atoms with Crippen LogP contribution in [0, 0.1) is 10.1 Å². The molecule has 1 atom stereocenters. The average molecular weight is 258 g/mol. The van der Waals surface area contributed by atoms with E-state index in [0.717, 1.165) is 4.31 Å². The quantitative estimate of drug-likeness (QED) is 0.512. The van der Waals surface area contributed by atoms with Crippen molar-refractivity contribution in [1.29, 1.82) is 0 Å². The van der Waals surface area contributed by atoms with Gasteiger partial charge >= 0.3 is 0 Å². The normalized spacial score (nSPS) is 13.2. The maximum Gasteiger partial charge on any atom is 0.293 e. The molecular weight excluding hydrogens is 244 g/mol. The fraction of sp³-hybridized carbons (Fsp3) is 0.400. The summed E-state index contributed by atoms with van der Waals surface area (Å²) in [6, 6.07) is 5.87. The van der Waals surface area contributed by atoms with Crippen molar-refractivity contribution in [2.24, 2.45) is 0 Å². The van der Waals surface area contributed by atoms with Gasteiger partial charge in [0.05, 0.1) is 4.92 Å². The van der Waals surface area contributed by atoms with Crippen molar-refractivity contribution in [3.8, 4) is 0 Å². The van der Waals surface area contributed by atoms with Gasteiger partial charge in [-0.3, -0.25) is 19.0 Å². The van der Waals surface area contributed by atoms with Gasteiger partial charge in [-0.05, 0) is 26.8 Å². The predicted molar refractivity (Wildman–Crippen MR) is 66.1 cm³/mol. The average Bonchev–Trinajstić information content (AvgIpc) is 2.15. The molecule has 1 rings (SSSR count). The lowest BCUT2D eigenvalue weighted by Crippen LogP contribution is -2.42. The second kappa shape index (κ2) is 4.80. The monoisotopic (exact) mass is 258 g/mol. The van der Waals surface area contributed by atoms with Crippen LogP contribution in [0.4, 0.5) is 11.4 Å². The van der Waals surface area contributed by atoms with Crippen LogP contribution in [0.2, 0.25) is 0 Å². The molecule has 7 heteroatoms. The van der Waals surface area contributed by atoms with E-state index in [1.54, 1.807) is 26.8 Å². The fourth-order valence-corrected chi connectivity index (χ4v) is 2.26. The number of benzene rings is 1. The largest absolute Gasteiger partial charge is 0.293 e. The molecule has 0 amide bonds. The lowest BCUT2D eigenvalue weighted by molar-refractivity contribution is -0.384. The number of hydrogen-bond acceptors (Lipinski definition) is 3. The van der Waals surface area contributed by atoms with E-state index in [-0.39, 0.29) is 11.4 Å². The Morgan fingerprint density at radius 1 is 1.35 bits per heavy atom. The number of para-hydroxylation sites is 2. The number of hydrogen-bond donors (Lipinski definition) is 1. The smallest absolute Gasteiger partial charge is 0.289 e. The molecule has 0 aliphatic carbocycles. The summed E-state index contributed by atoms with van der Waals surface area (Å²) in [6.45, 7) is 5.12. The van der Waals surface area contributed by atoms with Crippen LogP contribution >= 0.6 is 0 Å². The van der Waals surface area contributed by atoms with E-state index >= 15 is 0 Å². The minimum absolute atomic E-state index is 0.130. The third-order valence-corrected chi connectivity index (χ3v) is 3.12. The van der Waals surface area contributed by atoms with Crippen LogP contribution in [-0.2, 0) is 11.3 Å². The molecule has 0 aliphatic heterocycles. The van der Waals surface area contributed by atoms with Gasteiger partial charge in [-0.2, -0.15) is 0 Å². The van der Waals surface area contributed by atoms with Crippen molar-refractivity contribution >= 4 is 22.6 Å². The van der Waals surface area contributed by atoms with Crippen molar-refractivity contribution < 1.29 is 13.7 Å². The molecule has 0 spiro atoms. The van der Waals surface area contributed by atoms with E-state index in [1.165, 1.54) is 18.2 Å². The van der Waals surface area contributed by atoms with E-state index in [9.17, 15) is 18.9 Å². The van der Waals surface area contributed by atoms with E-state index in [4.69, 9.17) is 0 Å². The van der Waals surface area contributed by atoms with Crippen molar-refractivity contribution in [3.63, 3.8) is 0 Å². The standard InChI is InChI=1S/C10H14N2O4S/c1-10(2,3)11(17(15)16)8-6-4-5-7-9(8)12(13)14/h4-7H,1-3H3,(H,15,16). The van der Waals surface area contributed by atoms with Crippen LogP contribution in [0.25, 0.3) is 0 Å². The highest BCUT2D eigenvalue weighted by Crippen LogP contribution is 2.33. The zero-order valence-electron chi connectivity index (χ0n) is 9.78. The van der Waals surface area contributed by atoms with Gasteiger partial charge in [0.1, 0.15) is 5.69 Å². The Balaban J connectivity index is 3.39. The van der Waals surface area contributed by atoms with Crippen LogP contribution in [0.1, 0.15) is 20.8 Å². The number of nitro groups is 1. The summed E-state index contributed by atoms with van der Waals surface area (Å²) in [5, 5.41) is 10.9. The molecule has 17 heavy (non-hydrogen) atoms. The van der Waals surface area contributed by atoms with Crippen molar-refractivity contribution in [1.82, 2.24) is 0 Å². The van der Waals surface area contributed by atoms with Crippen molar-refractivity contribution in [3.05, 3.63) is 34.4 Å². The number of rotatable bonds is 3. The van der Waals surface area contributed by atoms with Gasteiger partial charge in [0.15, 0.2) is 0 Å². The molecule has 0 radical (unpaired) electrons. The van der Waals surface area contributed by atoms with Crippen molar-refractivity contribution in [2.45, 2.75) is 26.3 Å². The Morgan fingerprint density at radius 2 is 1.88 bits per heavy atom. The lowest BCUT2D eigenvalue weighted by atomic mass is 10.1. The number of nitro benzene ring substituents is 1. The number of nitrogens with zero attached hydrogens (tertiary/aromatic N) is 2. The van der Waals surface area contributed by atoms with Crippen LogP contribution < -0.4 is 4.31 Å². The molecular formula is C10H14N2O4S. The SMILES string of the molecule is CC(C)(C)N(c1ccccc1[N+](=O)[O-])S(=O)O. The summed E-state index contributed by atoms with van der Waals surface area (Å²) >= 11 is -2.32. The molecule has 1 unspecified atom stereocenters. The highest BCUT2D eigenvalue weighted by molar-refractivity contribution is 7.80. The van der Waals surface area contributed by atoms with Crippen LogP contribution in [0.3, 0.4) is 0 Å². The topological polar surface area (TPSA) is 83.7 Å². The summed E-state index contributed by atoms with van der Waals surface area (Å²) in [5.41, 5.74) is -0.762. The van der Waals surface area contributed by atoms with E-state index in [1.807, 2.05) is 0 Å². The third-order valence-electron chi connectivity index (χ3n) is 2.06. The van der Waals surface area contributed by atoms with Gasteiger partial charge in [0.25, 0.3) is 17.0 Å². The molecule has 1 aromatic rings. The predicted octanol–water partition coefficient (Wildman–Crippen LogP) is 2.34. The molecule has 94 valence electrons. The Labute approximate surface area is 102 Å². The molecule has 0 saturated carbocycles. The Bertz CT molecular complexity index is 456. The molecule has 0 saturated heterocycles. The highest BCUT2D eigenvalue weighted by Gasteiger charge is 2.31. The van der Waals surface area contributed by atoms with Gasteiger partial charge in [0, 0.05) is 11.6 Å². The first-order valence-electron chi connectivity index (χ1n) is 4.90. The Morgan fingerprint density at radius 3 is 2.29 bits per heavy atom. The molecule has 1 N–H and O–H groups in total. The molecule has 0 fully saturated rings. The molecule has 0 heterocycles. The van der Waals surface area contributed by atoms with E-state index in [2.05, 4.69) is 0 Å². The zero-order valence-corrected chi connectivity index (χ0v) is 10.6. The van der Waals surface area contributed by atoms with Crippen LogP contribution in [0.5, 0.6) is 0 Å². The summed E-state index contributed by atoms with van der Waals surface area (Å²) in [7, 11) is 0. The second-order valence-electron chi connectivity index (χ2n) is 4.44. The summed E-state index contributed by atoms with van der Waals surface area (Å²) in [5.74, 6) is 0. The highest BCUT2D eigenvalue weighted by atomic mass is 32.2. The maximum absolute atomic E-state index is 11.3. The fourth-order valence-electron chi connectivity index (χ4n) is 1.47. The lowest BCUT2D eigenvalue weighted by Gasteiger charge is -2.32. The second-order valence-corrected chi connectivity index (χ2v) is 5.27. The number of anilines is 1. The summed E-state index contributed by atoms with van der Waals surface area (Å²) in [6.07, 6.45) is 0. The van der Waals surface area contributed by atoms with Gasteiger partial charge < -0.3 is 0 Å². The molecule has 0 bridgehead atoms. The summed E-state index contributed by atoms with van der Waals surface area (Å²) < 4.78 is 21.7. The molecule has 0 aromatic heterocycles. The molecule has 1 aromatic carbocycles. The maximum atomic E-state index is 11.3.